The molecule has 3 rings (SSSR count). The predicted octanol–water partition coefficient (Wildman–Crippen LogP) is 3.45. The molecule has 150 valence electrons. The quantitative estimate of drug-likeness (QED) is 0.776. The van der Waals surface area contributed by atoms with Crippen molar-refractivity contribution in [3.63, 3.8) is 0 Å². The molecule has 1 saturated heterocycles. The first-order chi connectivity index (χ1) is 13.5. The van der Waals surface area contributed by atoms with E-state index in [2.05, 4.69) is 16.8 Å². The van der Waals surface area contributed by atoms with Crippen molar-refractivity contribution in [1.29, 1.82) is 0 Å². The van der Waals surface area contributed by atoms with Crippen molar-refractivity contribution in [3.05, 3.63) is 46.8 Å². The lowest BCUT2D eigenvalue weighted by atomic mass is 10.0. The predicted molar refractivity (Wildman–Crippen MR) is 111 cm³/mol. The van der Waals surface area contributed by atoms with Gasteiger partial charge in [0.15, 0.2) is 5.78 Å². The maximum absolute atomic E-state index is 13.2. The number of benzene rings is 1. The van der Waals surface area contributed by atoms with Crippen LogP contribution in [0.5, 0.6) is 5.75 Å². The van der Waals surface area contributed by atoms with E-state index in [4.69, 9.17) is 4.74 Å². The molecule has 0 saturated carbocycles. The molecule has 1 amide bonds. The summed E-state index contributed by atoms with van der Waals surface area (Å²) in [5.74, 6) is 0.846. The van der Waals surface area contributed by atoms with Gasteiger partial charge in [-0.2, -0.15) is 0 Å². The van der Waals surface area contributed by atoms with Gasteiger partial charge in [-0.15, -0.1) is 0 Å². The first-order valence-corrected chi connectivity index (χ1v) is 9.86. The summed E-state index contributed by atoms with van der Waals surface area (Å²) in [6, 6.07) is 8.00. The van der Waals surface area contributed by atoms with Gasteiger partial charge >= 0.3 is 0 Å². The van der Waals surface area contributed by atoms with Crippen molar-refractivity contribution in [2.45, 2.75) is 33.6 Å². The number of amides is 1. The first-order valence-electron chi connectivity index (χ1n) is 9.86. The van der Waals surface area contributed by atoms with Crippen LogP contribution in [0.15, 0.2) is 24.3 Å². The highest BCUT2D eigenvalue weighted by molar-refractivity contribution is 6.02. The van der Waals surface area contributed by atoms with Crippen LogP contribution < -0.4 is 9.64 Å². The third-order valence-corrected chi connectivity index (χ3v) is 5.36. The maximum atomic E-state index is 13.2. The average molecular weight is 383 g/mol. The Morgan fingerprint density at radius 1 is 1.11 bits per heavy atom. The van der Waals surface area contributed by atoms with E-state index in [1.165, 1.54) is 0 Å². The smallest absolute Gasteiger partial charge is 0.270 e. The Bertz CT molecular complexity index is 847. The van der Waals surface area contributed by atoms with Gasteiger partial charge in [0.1, 0.15) is 11.4 Å². The second-order valence-corrected chi connectivity index (χ2v) is 7.26. The fraction of sp³-hybridized carbons (Fsp3) is 0.455. The fourth-order valence-electron chi connectivity index (χ4n) is 3.95. The topological polar surface area (TPSA) is 65.6 Å². The van der Waals surface area contributed by atoms with E-state index < -0.39 is 0 Å². The Labute approximate surface area is 166 Å². The summed E-state index contributed by atoms with van der Waals surface area (Å²) >= 11 is 0. The monoisotopic (exact) mass is 383 g/mol. The number of aromatic amines is 1. The van der Waals surface area contributed by atoms with Gasteiger partial charge in [0.2, 0.25) is 0 Å². The van der Waals surface area contributed by atoms with Gasteiger partial charge < -0.3 is 19.5 Å². The molecule has 1 aromatic heterocycles. The van der Waals surface area contributed by atoms with Crippen molar-refractivity contribution < 1.29 is 14.3 Å². The summed E-state index contributed by atoms with van der Waals surface area (Å²) in [7, 11) is 1.66. The van der Waals surface area contributed by atoms with Gasteiger partial charge in [-0.05, 0) is 50.1 Å². The van der Waals surface area contributed by atoms with E-state index in [1.54, 1.807) is 14.0 Å². The second kappa shape index (κ2) is 8.50. The molecule has 0 aliphatic carbocycles. The molecule has 28 heavy (non-hydrogen) atoms. The van der Waals surface area contributed by atoms with E-state index in [1.807, 2.05) is 36.1 Å². The molecule has 0 atom stereocenters. The number of ether oxygens (including phenoxy) is 1. The molecule has 1 fully saturated rings. The highest BCUT2D eigenvalue weighted by Gasteiger charge is 2.28. The van der Waals surface area contributed by atoms with Crippen LogP contribution in [-0.4, -0.2) is 54.9 Å². The molecule has 0 spiro atoms. The number of rotatable bonds is 6. The Balaban J connectivity index is 1.73. The second-order valence-electron chi connectivity index (χ2n) is 7.26. The Hall–Kier alpha value is -2.76. The van der Waals surface area contributed by atoms with Crippen LogP contribution in [0.3, 0.4) is 0 Å². The lowest BCUT2D eigenvalue weighted by Crippen LogP contribution is -2.49. The van der Waals surface area contributed by atoms with Gasteiger partial charge in [-0.25, -0.2) is 0 Å². The lowest BCUT2D eigenvalue weighted by molar-refractivity contribution is 0.0740. The van der Waals surface area contributed by atoms with E-state index in [0.717, 1.165) is 48.6 Å². The van der Waals surface area contributed by atoms with Crippen LogP contribution >= 0.6 is 0 Å². The van der Waals surface area contributed by atoms with Gasteiger partial charge in [0.25, 0.3) is 5.91 Å². The number of hydrogen-bond donors (Lipinski definition) is 1. The minimum atomic E-state index is -0.00608. The van der Waals surface area contributed by atoms with Crippen molar-refractivity contribution in [2.24, 2.45) is 0 Å². The number of aryl methyl sites for hydroxylation is 1. The summed E-state index contributed by atoms with van der Waals surface area (Å²) in [6.45, 7) is 8.37. The minimum absolute atomic E-state index is 0.00608. The molecule has 1 aliphatic heterocycles. The van der Waals surface area contributed by atoms with Gasteiger partial charge in [0.05, 0.1) is 7.11 Å². The highest BCUT2D eigenvalue weighted by atomic mass is 16.5. The molecule has 2 heterocycles. The van der Waals surface area contributed by atoms with Gasteiger partial charge in [-0.1, -0.05) is 13.3 Å². The zero-order valence-corrected chi connectivity index (χ0v) is 17.2. The number of ketones is 1. The lowest BCUT2D eigenvalue weighted by Gasteiger charge is -2.36. The van der Waals surface area contributed by atoms with E-state index in [-0.39, 0.29) is 11.7 Å². The van der Waals surface area contributed by atoms with Crippen LogP contribution in [-0.2, 0) is 6.42 Å². The normalized spacial score (nSPS) is 14.3. The zero-order chi connectivity index (χ0) is 20.3. The number of Topliss-reactive ketones (excluding diaryl/α,β-unsaturated/α-hetero) is 1. The number of piperazine rings is 1. The number of carbonyl (C=O) groups excluding carboxylic acids is 2. The summed E-state index contributed by atoms with van der Waals surface area (Å²) in [5, 5.41) is 0. The molecule has 0 radical (unpaired) electrons. The largest absolute Gasteiger partial charge is 0.497 e. The van der Waals surface area contributed by atoms with E-state index in [9.17, 15) is 9.59 Å². The maximum Gasteiger partial charge on any atom is 0.270 e. The minimum Gasteiger partial charge on any atom is -0.497 e. The average Bonchev–Trinajstić information content (AvgIpc) is 3.04. The number of carbonyl (C=O) groups is 2. The Kier molecular flexibility index (Phi) is 6.07. The van der Waals surface area contributed by atoms with Gasteiger partial charge in [-0.3, -0.25) is 9.59 Å². The van der Waals surface area contributed by atoms with E-state index in [0.29, 0.717) is 24.3 Å². The van der Waals surface area contributed by atoms with E-state index >= 15 is 0 Å². The van der Waals surface area contributed by atoms with Crippen LogP contribution in [0.1, 0.15) is 52.4 Å². The SMILES string of the molecule is CCCc1c(C(=O)N2CCN(c3ccc(OC)cc3)CC2)[nH]c(C)c1C(C)=O. The summed E-state index contributed by atoms with van der Waals surface area (Å²) in [4.78, 5) is 32.6. The summed E-state index contributed by atoms with van der Waals surface area (Å²) in [6.07, 6.45) is 1.62. The molecule has 6 heteroatoms. The number of methoxy groups -OCH3 is 1. The number of H-pyrrole nitrogens is 1. The molecule has 1 aromatic carbocycles. The molecule has 0 bridgehead atoms. The number of hydrogen-bond acceptors (Lipinski definition) is 4. The van der Waals surface area contributed by atoms with Gasteiger partial charge in [0, 0.05) is 43.1 Å². The number of aromatic nitrogens is 1. The molecule has 1 N–H and O–H groups in total. The van der Waals surface area contributed by atoms with Crippen LogP contribution in [0.2, 0.25) is 0 Å². The standard InChI is InChI=1S/C22H29N3O3/c1-5-6-19-20(16(3)26)15(2)23-21(19)22(27)25-13-11-24(12-14-25)17-7-9-18(28-4)10-8-17/h7-10,23H,5-6,11-14H2,1-4H3. The van der Waals surface area contributed by atoms with Crippen molar-refractivity contribution in [3.8, 4) is 5.75 Å². The van der Waals surface area contributed by atoms with Crippen molar-refractivity contribution in [1.82, 2.24) is 9.88 Å². The molecular formula is C22H29N3O3. The third-order valence-electron chi connectivity index (χ3n) is 5.36. The Morgan fingerprint density at radius 2 is 1.75 bits per heavy atom. The molecule has 1 aliphatic rings. The van der Waals surface area contributed by atoms with Crippen LogP contribution in [0, 0.1) is 6.92 Å². The first kappa shape index (κ1) is 20.0. The fourth-order valence-corrected chi connectivity index (χ4v) is 3.95. The molecular weight excluding hydrogens is 354 g/mol. The zero-order valence-electron chi connectivity index (χ0n) is 17.2. The molecule has 6 nitrogen and oxygen atoms in total. The molecule has 0 unspecified atom stereocenters. The number of anilines is 1. The number of nitrogens with zero attached hydrogens (tertiary/aromatic N) is 2. The third kappa shape index (κ3) is 3.91. The molecule has 2 aromatic rings. The Morgan fingerprint density at radius 3 is 2.29 bits per heavy atom. The number of nitrogens with one attached hydrogen (secondary N) is 1. The van der Waals surface area contributed by atoms with Crippen LogP contribution in [0.4, 0.5) is 5.69 Å². The highest BCUT2D eigenvalue weighted by Crippen LogP contribution is 2.24. The van der Waals surface area contributed by atoms with Crippen molar-refractivity contribution >= 4 is 17.4 Å². The van der Waals surface area contributed by atoms with Crippen molar-refractivity contribution in [2.75, 3.05) is 38.2 Å². The van der Waals surface area contributed by atoms with Crippen LogP contribution in [0.25, 0.3) is 0 Å². The summed E-state index contributed by atoms with van der Waals surface area (Å²) in [5.41, 5.74) is 4.06. The summed E-state index contributed by atoms with van der Waals surface area (Å²) < 4.78 is 5.21.